The first kappa shape index (κ1) is 6.70. The quantitative estimate of drug-likeness (QED) is 0.588. The van der Waals surface area contributed by atoms with Gasteiger partial charge in [0.1, 0.15) is 0 Å². The van der Waals surface area contributed by atoms with Gasteiger partial charge in [0.05, 0.1) is 0 Å². The zero-order valence-corrected chi connectivity index (χ0v) is 6.66. The Morgan fingerprint density at radius 3 is 2.17 bits per heavy atom. The second-order valence-electron chi connectivity index (χ2n) is 0.996. The minimum Gasteiger partial charge on any atom is -0.0848 e. The van der Waals surface area contributed by atoms with Crippen molar-refractivity contribution < 1.29 is 0 Å². The Morgan fingerprint density at radius 1 is 1.67 bits per heavy atom. The van der Waals surface area contributed by atoms with Gasteiger partial charge in [0, 0.05) is 4.83 Å². The van der Waals surface area contributed by atoms with Crippen molar-refractivity contribution in [3.05, 3.63) is 11.1 Å². The van der Waals surface area contributed by atoms with E-state index in [-0.39, 0.29) is 0 Å². The lowest BCUT2D eigenvalue weighted by atomic mass is 10.5. The molecule has 0 N–H and O–H groups in total. The molecule has 0 nitrogen and oxygen atoms in total. The van der Waals surface area contributed by atoms with Crippen molar-refractivity contribution in [3.63, 3.8) is 0 Å². The molecule has 0 aromatic heterocycles. The van der Waals surface area contributed by atoms with E-state index in [1.54, 1.807) is 0 Å². The molecule has 0 amide bonds. The summed E-state index contributed by atoms with van der Waals surface area (Å²) < 4.78 is 0. The highest BCUT2D eigenvalue weighted by molar-refractivity contribution is 9.11. The topological polar surface area (TPSA) is 0 Å². The molecule has 1 atom stereocenters. The highest BCUT2D eigenvalue weighted by Crippen LogP contribution is 1.99. The maximum Gasteiger partial charge on any atom is 0.0305 e. The Labute approximate surface area is 54.9 Å². The van der Waals surface area contributed by atoms with Gasteiger partial charge in [-0.3, -0.25) is 0 Å². The largest absolute Gasteiger partial charge is 0.0848 e. The van der Waals surface area contributed by atoms with Crippen LogP contribution in [0.3, 0.4) is 0 Å². The number of hydrogen-bond acceptors (Lipinski definition) is 0. The summed E-state index contributed by atoms with van der Waals surface area (Å²) in [5.74, 6) is 0. The van der Waals surface area contributed by atoms with E-state index in [4.69, 9.17) is 0 Å². The van der Waals surface area contributed by atoms with Gasteiger partial charge in [-0.15, -0.1) is 0 Å². The summed E-state index contributed by atoms with van der Waals surface area (Å²) >= 11 is 6.46. The normalized spacial score (nSPS) is 15.8. The Hall–Kier alpha value is 0.700. The van der Waals surface area contributed by atoms with E-state index < -0.39 is 0 Å². The van der Waals surface area contributed by atoms with E-state index in [1.807, 2.05) is 11.1 Å². The van der Waals surface area contributed by atoms with E-state index in [2.05, 4.69) is 38.8 Å². The maximum absolute atomic E-state index is 3.32. The van der Waals surface area contributed by atoms with Crippen LogP contribution in [0.1, 0.15) is 6.92 Å². The van der Waals surface area contributed by atoms with Gasteiger partial charge in [-0.1, -0.05) is 37.9 Å². The highest BCUT2D eigenvalue weighted by Gasteiger charge is 1.79. The highest BCUT2D eigenvalue weighted by atomic mass is 79.9. The van der Waals surface area contributed by atoms with Gasteiger partial charge in [0.15, 0.2) is 0 Å². The van der Waals surface area contributed by atoms with Crippen LogP contribution in [0.5, 0.6) is 0 Å². The van der Waals surface area contributed by atoms with Crippen LogP contribution in [0.25, 0.3) is 0 Å². The summed E-state index contributed by atoms with van der Waals surface area (Å²) in [5.41, 5.74) is 0. The lowest BCUT2D eigenvalue weighted by Gasteiger charge is -1.83. The molecule has 0 saturated heterocycles. The third kappa shape index (κ3) is 4.70. The minimum atomic E-state index is 0.483. The molecule has 0 fully saturated rings. The Kier molecular flexibility index (Phi) is 4.33. The van der Waals surface area contributed by atoms with Crippen LogP contribution < -0.4 is 0 Å². The molecule has 0 aromatic rings. The molecule has 2 heteroatoms. The second kappa shape index (κ2) is 3.88. The molecule has 0 aliphatic rings. The fourth-order valence-electron chi connectivity index (χ4n) is 0.100. The van der Waals surface area contributed by atoms with Gasteiger partial charge in [0.2, 0.25) is 0 Å². The van der Waals surface area contributed by atoms with Gasteiger partial charge in [-0.2, -0.15) is 0 Å². The molecule has 36 valence electrons. The number of halogens is 2. The van der Waals surface area contributed by atoms with E-state index in [1.165, 1.54) is 0 Å². The van der Waals surface area contributed by atoms with Gasteiger partial charge in [-0.05, 0) is 11.9 Å². The SMILES string of the molecule is CC(Br)/C=C/Br. The van der Waals surface area contributed by atoms with Crippen molar-refractivity contribution in [1.29, 1.82) is 0 Å². The van der Waals surface area contributed by atoms with Crippen LogP contribution in [-0.2, 0) is 0 Å². The fraction of sp³-hybridized carbons (Fsp3) is 0.500. The van der Waals surface area contributed by atoms with Crippen molar-refractivity contribution in [2.24, 2.45) is 0 Å². The number of allylic oxidation sites excluding steroid dienone is 1. The van der Waals surface area contributed by atoms with Gasteiger partial charge in [0.25, 0.3) is 0 Å². The van der Waals surface area contributed by atoms with Crippen LogP contribution in [0.4, 0.5) is 0 Å². The molecule has 0 saturated carbocycles. The molecule has 0 aliphatic heterocycles. The predicted octanol–water partition coefficient (Wildman–Crippen LogP) is 2.68. The number of hydrogen-bond donors (Lipinski definition) is 0. The van der Waals surface area contributed by atoms with Crippen molar-refractivity contribution in [2.75, 3.05) is 0 Å². The van der Waals surface area contributed by atoms with Crippen LogP contribution in [0.15, 0.2) is 11.1 Å². The molecule has 0 aliphatic carbocycles. The molecular formula is C4H6Br2. The number of alkyl halides is 1. The van der Waals surface area contributed by atoms with Gasteiger partial charge < -0.3 is 0 Å². The predicted molar refractivity (Wildman–Crippen MR) is 36.5 cm³/mol. The average Bonchev–Trinajstić information content (AvgIpc) is 1.35. The third-order valence-corrected chi connectivity index (χ3v) is 0.948. The van der Waals surface area contributed by atoms with Crippen LogP contribution in [-0.4, -0.2) is 4.83 Å². The first-order chi connectivity index (χ1) is 2.77. The zero-order chi connectivity index (χ0) is 4.99. The van der Waals surface area contributed by atoms with Crippen LogP contribution >= 0.6 is 31.9 Å². The fourth-order valence-corrected chi connectivity index (χ4v) is 1.12. The van der Waals surface area contributed by atoms with Gasteiger partial charge >= 0.3 is 0 Å². The Morgan fingerprint density at radius 2 is 2.17 bits per heavy atom. The molecule has 6 heavy (non-hydrogen) atoms. The first-order valence-corrected chi connectivity index (χ1v) is 3.51. The maximum atomic E-state index is 3.32. The van der Waals surface area contributed by atoms with Crippen molar-refractivity contribution in [2.45, 2.75) is 11.8 Å². The summed E-state index contributed by atoms with van der Waals surface area (Å²) in [7, 11) is 0. The molecule has 0 rings (SSSR count). The van der Waals surface area contributed by atoms with E-state index >= 15 is 0 Å². The van der Waals surface area contributed by atoms with E-state index in [9.17, 15) is 0 Å². The first-order valence-electron chi connectivity index (χ1n) is 1.68. The lowest BCUT2D eigenvalue weighted by Crippen LogP contribution is -1.75. The molecule has 0 aromatic carbocycles. The smallest absolute Gasteiger partial charge is 0.0305 e. The summed E-state index contributed by atoms with van der Waals surface area (Å²) in [6.07, 6.45) is 2.00. The monoisotopic (exact) mass is 212 g/mol. The summed E-state index contributed by atoms with van der Waals surface area (Å²) in [6, 6.07) is 0. The second-order valence-corrected chi connectivity index (χ2v) is 2.97. The third-order valence-electron chi connectivity index (χ3n) is 0.338. The van der Waals surface area contributed by atoms with Crippen LogP contribution in [0, 0.1) is 0 Å². The molecule has 0 spiro atoms. The van der Waals surface area contributed by atoms with E-state index in [0.29, 0.717) is 4.83 Å². The number of rotatable bonds is 1. The van der Waals surface area contributed by atoms with E-state index in [0.717, 1.165) is 0 Å². The summed E-state index contributed by atoms with van der Waals surface area (Å²) in [6.45, 7) is 2.05. The average molecular weight is 214 g/mol. The Bertz CT molecular complexity index is 47.5. The van der Waals surface area contributed by atoms with Crippen molar-refractivity contribution in [3.8, 4) is 0 Å². The molecule has 1 unspecified atom stereocenters. The minimum absolute atomic E-state index is 0.483. The van der Waals surface area contributed by atoms with Crippen molar-refractivity contribution >= 4 is 31.9 Å². The molecular weight excluding hydrogens is 208 g/mol. The van der Waals surface area contributed by atoms with Crippen LogP contribution in [0.2, 0.25) is 0 Å². The molecule has 0 radical (unpaired) electrons. The summed E-state index contributed by atoms with van der Waals surface area (Å²) in [4.78, 5) is 2.32. The Balaban J connectivity index is 3.03. The summed E-state index contributed by atoms with van der Waals surface area (Å²) in [5, 5.41) is 0. The standard InChI is InChI=1S/C4H6Br2/c1-4(6)2-3-5/h2-4H,1H3/b3-2+. The lowest BCUT2D eigenvalue weighted by molar-refractivity contribution is 1.28. The zero-order valence-electron chi connectivity index (χ0n) is 3.49. The molecule has 0 heterocycles. The molecule has 0 bridgehead atoms. The van der Waals surface area contributed by atoms with Gasteiger partial charge in [-0.25, -0.2) is 0 Å². The van der Waals surface area contributed by atoms with Crippen molar-refractivity contribution in [1.82, 2.24) is 0 Å².